The topological polar surface area (TPSA) is 96.1 Å². The molecule has 0 saturated carbocycles. The number of pyridine rings is 1. The van der Waals surface area contributed by atoms with Crippen LogP contribution in [0.4, 0.5) is 0 Å². The third kappa shape index (κ3) is 13.3. The van der Waals surface area contributed by atoms with E-state index in [1.54, 1.807) is 0 Å². The Morgan fingerprint density at radius 1 is 1.00 bits per heavy atom. The van der Waals surface area contributed by atoms with E-state index in [-0.39, 0.29) is 0 Å². The van der Waals surface area contributed by atoms with Crippen LogP contribution in [0.1, 0.15) is 19.8 Å². The maximum Gasteiger partial charge on any atom is 0.168 e. The minimum absolute atomic E-state index is 1.15. The first-order valence-electron chi connectivity index (χ1n) is 4.49. The van der Waals surface area contributed by atoms with E-state index in [1.165, 1.54) is 12.8 Å². The van der Waals surface area contributed by atoms with Gasteiger partial charge in [0.25, 0.3) is 0 Å². The van der Waals surface area contributed by atoms with E-state index in [1.807, 2.05) is 6.07 Å². The summed E-state index contributed by atoms with van der Waals surface area (Å²) in [6, 6.07) is 6.17. The molecule has 0 radical (unpaired) electrons. The lowest BCUT2D eigenvalue weighted by Gasteiger charge is -2.17. The molecule has 0 aliphatic carbocycles. The van der Waals surface area contributed by atoms with E-state index in [2.05, 4.69) is 36.0 Å². The van der Waals surface area contributed by atoms with Crippen LogP contribution in [0.15, 0.2) is 30.6 Å². The predicted molar refractivity (Wildman–Crippen MR) is 41.5 cm³/mol. The third-order valence-corrected chi connectivity index (χ3v) is 1.55. The zero-order chi connectivity index (χ0) is 11.7. The van der Waals surface area contributed by atoms with Gasteiger partial charge in [0.1, 0.15) is 6.54 Å². The number of aromatic nitrogens is 1. The molecule has 6 heteroatoms. The average molecular weight is 236 g/mol. The molecule has 0 saturated heterocycles. The zero-order valence-corrected chi connectivity index (χ0v) is 9.22. The Kier molecular flexibility index (Phi) is 7.19. The van der Waals surface area contributed by atoms with Crippen molar-refractivity contribution in [3.63, 3.8) is 0 Å². The van der Waals surface area contributed by atoms with Crippen LogP contribution in [-0.4, -0.2) is 0 Å². The highest BCUT2D eigenvalue weighted by Crippen LogP contribution is 1.85. The van der Waals surface area contributed by atoms with Gasteiger partial charge in [0.15, 0.2) is 12.4 Å². The van der Waals surface area contributed by atoms with Crippen molar-refractivity contribution in [2.45, 2.75) is 26.3 Å². The summed E-state index contributed by atoms with van der Waals surface area (Å²) in [5.74, 6) is 0. The second-order valence-electron chi connectivity index (χ2n) is 2.84. The summed E-state index contributed by atoms with van der Waals surface area (Å²) in [5, 5.41) is 0. The maximum atomic E-state index is 8.49. The maximum absolute atomic E-state index is 8.49. The van der Waals surface area contributed by atoms with Gasteiger partial charge in [0.2, 0.25) is 0 Å². The molecule has 1 heterocycles. The summed E-state index contributed by atoms with van der Waals surface area (Å²) in [6.45, 7) is 3.36. The summed E-state index contributed by atoms with van der Waals surface area (Å²) in [7, 11) is -4.94. The lowest BCUT2D eigenvalue weighted by molar-refractivity contribution is -2.00. The van der Waals surface area contributed by atoms with Gasteiger partial charge in [-0.2, -0.15) is 0 Å². The Bertz CT molecular complexity index is 244. The highest BCUT2D eigenvalue weighted by atomic mass is 35.7. The molecule has 1 rings (SSSR count). The van der Waals surface area contributed by atoms with Crippen LogP contribution >= 0.6 is 0 Å². The molecular formula is C9H14ClNO4. The Morgan fingerprint density at radius 2 is 1.47 bits per heavy atom. The molecule has 0 aliphatic heterocycles. The van der Waals surface area contributed by atoms with Crippen molar-refractivity contribution in [1.29, 1.82) is 0 Å². The molecule has 0 unspecified atom stereocenters. The number of hydrogen-bond acceptors (Lipinski definition) is 4. The van der Waals surface area contributed by atoms with Gasteiger partial charge in [-0.15, -0.1) is 10.2 Å². The number of unbranched alkanes of at least 4 members (excludes halogenated alkanes) is 1. The normalized spacial score (nSPS) is 10.5. The van der Waals surface area contributed by atoms with Crippen LogP contribution < -0.4 is 23.2 Å². The molecule has 1 aromatic rings. The second-order valence-corrected chi connectivity index (χ2v) is 3.60. The fourth-order valence-electron chi connectivity index (χ4n) is 0.924. The number of aryl methyl sites for hydroxylation is 1. The van der Waals surface area contributed by atoms with E-state index in [9.17, 15) is 0 Å². The summed E-state index contributed by atoms with van der Waals surface area (Å²) < 4.78 is 36.2. The molecule has 1 aromatic heterocycles. The fraction of sp³-hybridized carbons (Fsp3) is 0.444. The van der Waals surface area contributed by atoms with Gasteiger partial charge in [-0.25, -0.2) is 23.2 Å². The van der Waals surface area contributed by atoms with Gasteiger partial charge in [-0.3, -0.25) is 0 Å². The Labute approximate surface area is 91.0 Å². The highest BCUT2D eigenvalue weighted by Gasteiger charge is 1.93. The SMILES string of the molecule is CCCC[n+]1ccccc1.[O-][Cl+3]([O-])([O-])[O-]. The van der Waals surface area contributed by atoms with Crippen molar-refractivity contribution >= 4 is 0 Å². The van der Waals surface area contributed by atoms with E-state index in [0.717, 1.165) is 6.54 Å². The Hall–Kier alpha value is -0.720. The van der Waals surface area contributed by atoms with Crippen LogP contribution in [0.25, 0.3) is 0 Å². The smallest absolute Gasteiger partial charge is 0.168 e. The van der Waals surface area contributed by atoms with Crippen molar-refractivity contribution in [1.82, 2.24) is 0 Å². The van der Waals surface area contributed by atoms with E-state index >= 15 is 0 Å². The summed E-state index contributed by atoms with van der Waals surface area (Å²) >= 11 is 0. The highest BCUT2D eigenvalue weighted by molar-refractivity contribution is 4.83. The van der Waals surface area contributed by atoms with Gasteiger partial charge < -0.3 is 0 Å². The fourth-order valence-corrected chi connectivity index (χ4v) is 0.924. The van der Waals surface area contributed by atoms with Crippen molar-refractivity contribution < 1.29 is 33.4 Å². The molecule has 0 spiro atoms. The van der Waals surface area contributed by atoms with Gasteiger partial charge in [0, 0.05) is 18.6 Å². The standard InChI is InChI=1S/C9H14N.ClHO4/c1-2-3-7-10-8-5-4-6-9-10;2-1(3,4)5/h4-6,8-9H,2-3,7H2,1H3;(H,2,3,4,5)/q+1;/p-1. The van der Waals surface area contributed by atoms with Crippen LogP contribution in [0.2, 0.25) is 0 Å². The quantitative estimate of drug-likeness (QED) is 0.522. The van der Waals surface area contributed by atoms with Gasteiger partial charge in [0.05, 0.1) is 0 Å². The molecule has 0 N–H and O–H groups in total. The number of halogens is 1. The first-order valence-corrected chi connectivity index (χ1v) is 5.72. The lowest BCUT2D eigenvalue weighted by atomic mass is 10.3. The van der Waals surface area contributed by atoms with Gasteiger partial charge in [-0.1, -0.05) is 19.4 Å². The van der Waals surface area contributed by atoms with E-state index in [0.29, 0.717) is 0 Å². The second kappa shape index (κ2) is 7.56. The summed E-state index contributed by atoms with van der Waals surface area (Å²) in [6.07, 6.45) is 6.75. The molecule has 0 aromatic carbocycles. The molecule has 15 heavy (non-hydrogen) atoms. The van der Waals surface area contributed by atoms with Gasteiger partial charge >= 0.3 is 0 Å². The van der Waals surface area contributed by atoms with E-state index < -0.39 is 10.2 Å². The largest absolute Gasteiger partial charge is 0.222 e. The van der Waals surface area contributed by atoms with E-state index in [4.69, 9.17) is 18.6 Å². The molecule has 0 fully saturated rings. The Balaban J connectivity index is 0.000000336. The monoisotopic (exact) mass is 235 g/mol. The zero-order valence-electron chi connectivity index (χ0n) is 8.47. The molecule has 86 valence electrons. The minimum atomic E-state index is -4.94. The van der Waals surface area contributed by atoms with Crippen molar-refractivity contribution in [3.05, 3.63) is 30.6 Å². The lowest BCUT2D eigenvalue weighted by Crippen LogP contribution is -2.68. The average Bonchev–Trinajstić information content (AvgIpc) is 2.14. The summed E-state index contributed by atoms with van der Waals surface area (Å²) in [4.78, 5) is 0. The minimum Gasteiger partial charge on any atom is -0.222 e. The number of rotatable bonds is 3. The number of nitrogens with zero attached hydrogens (tertiary/aromatic N) is 1. The molecular weight excluding hydrogens is 222 g/mol. The van der Waals surface area contributed by atoms with Crippen molar-refractivity contribution in [2.24, 2.45) is 0 Å². The van der Waals surface area contributed by atoms with Crippen molar-refractivity contribution in [3.8, 4) is 0 Å². The number of hydrogen-bond donors (Lipinski definition) is 0. The van der Waals surface area contributed by atoms with Crippen LogP contribution in [-0.2, 0) is 6.54 Å². The third-order valence-electron chi connectivity index (χ3n) is 1.55. The Morgan fingerprint density at radius 3 is 1.87 bits per heavy atom. The van der Waals surface area contributed by atoms with Crippen LogP contribution in [0.3, 0.4) is 0 Å². The molecule has 0 atom stereocenters. The first kappa shape index (κ1) is 14.3. The molecule has 0 bridgehead atoms. The van der Waals surface area contributed by atoms with Crippen molar-refractivity contribution in [2.75, 3.05) is 0 Å². The first-order chi connectivity index (χ1) is 6.93. The molecule has 0 aliphatic rings. The van der Waals surface area contributed by atoms with Gasteiger partial charge in [-0.05, 0) is 0 Å². The van der Waals surface area contributed by atoms with Crippen LogP contribution in [0.5, 0.6) is 0 Å². The summed E-state index contributed by atoms with van der Waals surface area (Å²) in [5.41, 5.74) is 0. The van der Waals surface area contributed by atoms with Crippen LogP contribution in [0, 0.1) is 10.2 Å². The predicted octanol–water partition coefficient (Wildman–Crippen LogP) is -2.98. The molecule has 0 amide bonds. The molecule has 5 nitrogen and oxygen atoms in total.